The number of nitrogen functional groups attached to an aromatic ring is 1. The molecule has 3 N–H and O–H groups in total. The number of β-amino-alcohol motifs (C(OH)–C–C–N with tert-alkyl or cyclic N) is 1. The van der Waals surface area contributed by atoms with Crippen molar-refractivity contribution < 1.29 is 13.5 Å². The molecule has 0 unspecified atom stereocenters. The number of aliphatic hydroxyl groups is 1. The number of halogens is 2. The Morgan fingerprint density at radius 1 is 1.39 bits per heavy atom. The first kappa shape index (κ1) is 14.3. The minimum Gasteiger partial charge on any atom is -0.398 e. The first-order valence-corrected chi connectivity index (χ1v) is 8.27. The Morgan fingerprint density at radius 2 is 2.06 bits per heavy atom. The maximum absolute atomic E-state index is 12.4. The molecule has 1 aromatic rings. The fourth-order valence-electron chi connectivity index (χ4n) is 1.91. The lowest BCUT2D eigenvalue weighted by Gasteiger charge is -2.18. The normalized spacial score (nSPS) is 21.4. The molecule has 0 aromatic heterocycles. The van der Waals surface area contributed by atoms with Gasteiger partial charge in [0.25, 0.3) is 0 Å². The highest BCUT2D eigenvalue weighted by Crippen LogP contribution is 2.34. The van der Waals surface area contributed by atoms with Gasteiger partial charge in [-0.25, -0.2) is 8.42 Å². The maximum atomic E-state index is 12.4. The summed E-state index contributed by atoms with van der Waals surface area (Å²) >= 11 is 6.47. The monoisotopic (exact) mass is 398 g/mol. The van der Waals surface area contributed by atoms with Crippen LogP contribution in [0.5, 0.6) is 0 Å². The van der Waals surface area contributed by atoms with E-state index in [-0.39, 0.29) is 17.1 Å². The first-order chi connectivity index (χ1) is 8.32. The van der Waals surface area contributed by atoms with Gasteiger partial charge in [0.1, 0.15) is 4.90 Å². The van der Waals surface area contributed by atoms with Gasteiger partial charge in [-0.3, -0.25) is 0 Å². The van der Waals surface area contributed by atoms with Crippen LogP contribution in [0.3, 0.4) is 0 Å². The molecule has 1 atom stereocenters. The third kappa shape index (κ3) is 2.57. The van der Waals surface area contributed by atoms with Gasteiger partial charge in [0.05, 0.1) is 11.8 Å². The molecule has 1 heterocycles. The predicted octanol–water partition coefficient (Wildman–Crippen LogP) is 1.55. The zero-order valence-corrected chi connectivity index (χ0v) is 13.3. The highest BCUT2D eigenvalue weighted by atomic mass is 79.9. The molecule has 1 aliphatic heterocycles. The molecule has 5 nitrogen and oxygen atoms in total. The molecule has 1 aromatic carbocycles. The smallest absolute Gasteiger partial charge is 0.246 e. The van der Waals surface area contributed by atoms with Crippen molar-refractivity contribution in [2.24, 2.45) is 0 Å². The molecule has 8 heteroatoms. The number of hydrogen-bond acceptors (Lipinski definition) is 4. The minimum atomic E-state index is -3.67. The van der Waals surface area contributed by atoms with E-state index in [9.17, 15) is 13.5 Å². The molecule has 0 aliphatic carbocycles. The number of hydrogen-bond donors (Lipinski definition) is 2. The van der Waals surface area contributed by atoms with Crippen LogP contribution in [0.2, 0.25) is 0 Å². The number of anilines is 1. The summed E-state index contributed by atoms with van der Waals surface area (Å²) in [5.74, 6) is 0. The van der Waals surface area contributed by atoms with Crippen molar-refractivity contribution in [3.8, 4) is 0 Å². The van der Waals surface area contributed by atoms with Crippen LogP contribution in [-0.2, 0) is 10.0 Å². The molecule has 1 fully saturated rings. The number of nitrogens with zero attached hydrogens (tertiary/aromatic N) is 1. The van der Waals surface area contributed by atoms with Crippen LogP contribution in [0.15, 0.2) is 26.0 Å². The SMILES string of the molecule is Nc1cc(Br)cc(Br)c1S(=O)(=O)N1CC[C@@H](O)C1. The number of rotatable bonds is 2. The van der Waals surface area contributed by atoms with Gasteiger partial charge in [0, 0.05) is 22.0 Å². The molecule has 1 saturated heterocycles. The molecule has 0 bridgehead atoms. The fourth-order valence-corrected chi connectivity index (χ4v) is 5.42. The molecule has 0 saturated carbocycles. The van der Waals surface area contributed by atoms with Crippen molar-refractivity contribution in [3.05, 3.63) is 21.1 Å². The molecule has 0 amide bonds. The summed E-state index contributed by atoms with van der Waals surface area (Å²) in [6.45, 7) is 0.426. The van der Waals surface area contributed by atoms with E-state index in [1.54, 1.807) is 12.1 Å². The quantitative estimate of drug-likeness (QED) is 0.739. The summed E-state index contributed by atoms with van der Waals surface area (Å²) in [4.78, 5) is 0.0554. The number of sulfonamides is 1. The highest BCUT2D eigenvalue weighted by Gasteiger charge is 2.34. The summed E-state index contributed by atoms with van der Waals surface area (Å²) in [6.07, 6.45) is -0.150. The Balaban J connectivity index is 2.48. The second-order valence-corrected chi connectivity index (χ2v) is 7.76. The fraction of sp³-hybridized carbons (Fsp3) is 0.400. The molecule has 18 heavy (non-hydrogen) atoms. The average Bonchev–Trinajstić information content (AvgIpc) is 2.63. The van der Waals surface area contributed by atoms with Crippen molar-refractivity contribution in [3.63, 3.8) is 0 Å². The van der Waals surface area contributed by atoms with E-state index in [0.29, 0.717) is 21.9 Å². The molecule has 100 valence electrons. The molecule has 2 rings (SSSR count). The van der Waals surface area contributed by atoms with E-state index < -0.39 is 16.1 Å². The Hall–Kier alpha value is -0.150. The van der Waals surface area contributed by atoms with E-state index in [1.165, 1.54) is 4.31 Å². The van der Waals surface area contributed by atoms with Crippen molar-refractivity contribution in [2.45, 2.75) is 17.4 Å². The van der Waals surface area contributed by atoms with Gasteiger partial charge in [-0.15, -0.1) is 0 Å². The molecule has 0 spiro atoms. The number of aliphatic hydroxyl groups excluding tert-OH is 1. The first-order valence-electron chi connectivity index (χ1n) is 5.25. The van der Waals surface area contributed by atoms with Crippen LogP contribution in [0, 0.1) is 0 Å². The highest BCUT2D eigenvalue weighted by molar-refractivity contribution is 9.11. The molecule has 1 aliphatic rings. The van der Waals surface area contributed by atoms with Crippen LogP contribution in [0.4, 0.5) is 5.69 Å². The van der Waals surface area contributed by atoms with Gasteiger partial charge in [-0.2, -0.15) is 4.31 Å². The third-order valence-electron chi connectivity index (χ3n) is 2.76. The van der Waals surface area contributed by atoms with Gasteiger partial charge < -0.3 is 10.8 Å². The maximum Gasteiger partial charge on any atom is 0.246 e. The van der Waals surface area contributed by atoms with Crippen LogP contribution < -0.4 is 5.73 Å². The topological polar surface area (TPSA) is 83.6 Å². The predicted molar refractivity (Wildman–Crippen MR) is 75.6 cm³/mol. The van der Waals surface area contributed by atoms with Crippen molar-refractivity contribution in [1.29, 1.82) is 0 Å². The standard InChI is InChI=1S/C10H12Br2N2O3S/c11-6-3-8(12)10(9(13)4-6)18(16,17)14-2-1-7(15)5-14/h3-4,7,15H,1-2,5,13H2/t7-/m1/s1. The Labute approximate surface area is 122 Å². The van der Waals surface area contributed by atoms with E-state index in [2.05, 4.69) is 31.9 Å². The van der Waals surface area contributed by atoms with Gasteiger partial charge in [0.2, 0.25) is 10.0 Å². The van der Waals surface area contributed by atoms with E-state index in [4.69, 9.17) is 5.73 Å². The lowest BCUT2D eigenvalue weighted by molar-refractivity contribution is 0.189. The summed E-state index contributed by atoms with van der Waals surface area (Å²) in [5.41, 5.74) is 5.96. The summed E-state index contributed by atoms with van der Waals surface area (Å²) in [5, 5.41) is 9.44. The molecular weight excluding hydrogens is 388 g/mol. The van der Waals surface area contributed by atoms with Gasteiger partial charge >= 0.3 is 0 Å². The van der Waals surface area contributed by atoms with Crippen LogP contribution in [0.25, 0.3) is 0 Å². The Bertz CT molecular complexity index is 553. The van der Waals surface area contributed by atoms with E-state index in [1.807, 2.05) is 0 Å². The van der Waals surface area contributed by atoms with Gasteiger partial charge in [-0.05, 0) is 34.5 Å². The zero-order valence-electron chi connectivity index (χ0n) is 9.31. The largest absolute Gasteiger partial charge is 0.398 e. The average molecular weight is 400 g/mol. The lowest BCUT2D eigenvalue weighted by Crippen LogP contribution is -2.30. The van der Waals surface area contributed by atoms with Crippen LogP contribution in [-0.4, -0.2) is 37.0 Å². The summed E-state index contributed by atoms with van der Waals surface area (Å²) in [7, 11) is -3.67. The number of benzene rings is 1. The summed E-state index contributed by atoms with van der Waals surface area (Å²) < 4.78 is 27.2. The summed E-state index contributed by atoms with van der Waals surface area (Å²) in [6, 6.07) is 3.18. The second kappa shape index (κ2) is 5.09. The van der Waals surface area contributed by atoms with Crippen molar-refractivity contribution >= 4 is 47.6 Å². The number of nitrogens with two attached hydrogens (primary N) is 1. The van der Waals surface area contributed by atoms with Crippen molar-refractivity contribution in [1.82, 2.24) is 4.31 Å². The van der Waals surface area contributed by atoms with E-state index in [0.717, 1.165) is 0 Å². The van der Waals surface area contributed by atoms with E-state index >= 15 is 0 Å². The van der Waals surface area contributed by atoms with Gasteiger partial charge in [0.15, 0.2) is 0 Å². The second-order valence-electron chi connectivity index (χ2n) is 4.11. The minimum absolute atomic E-state index is 0.0554. The van der Waals surface area contributed by atoms with Crippen LogP contribution >= 0.6 is 31.9 Å². The Kier molecular flexibility index (Phi) is 4.03. The zero-order chi connectivity index (χ0) is 13.5. The lowest BCUT2D eigenvalue weighted by atomic mass is 10.3. The third-order valence-corrected chi connectivity index (χ3v) is 6.09. The van der Waals surface area contributed by atoms with Crippen molar-refractivity contribution in [2.75, 3.05) is 18.8 Å². The van der Waals surface area contributed by atoms with Gasteiger partial charge in [-0.1, -0.05) is 15.9 Å². The molecule has 0 radical (unpaired) electrons. The van der Waals surface area contributed by atoms with Crippen LogP contribution in [0.1, 0.15) is 6.42 Å². The Morgan fingerprint density at radius 3 is 2.56 bits per heavy atom. The molecular formula is C10H12Br2N2O3S.